The van der Waals surface area contributed by atoms with Crippen LogP contribution in [0.5, 0.6) is 23.0 Å². The third-order valence-corrected chi connectivity index (χ3v) is 13.9. The van der Waals surface area contributed by atoms with Gasteiger partial charge in [0.05, 0.1) is 19.8 Å². The normalized spacial score (nSPS) is 13.9. The average Bonchev–Trinajstić information content (AvgIpc) is 3.27. The molecule has 0 bridgehead atoms. The predicted octanol–water partition coefficient (Wildman–Crippen LogP) is 15.2. The van der Waals surface area contributed by atoms with Crippen molar-refractivity contribution >= 4 is 11.9 Å². The number of ether oxygens (including phenoxy) is 4. The van der Waals surface area contributed by atoms with E-state index in [0.717, 1.165) is 62.1 Å². The molecule has 4 aromatic carbocycles. The fourth-order valence-electron chi connectivity index (χ4n) is 9.34. The molecule has 4 N–H and O–H groups in total. The lowest BCUT2D eigenvalue weighted by Gasteiger charge is -2.35. The van der Waals surface area contributed by atoms with Crippen LogP contribution in [0.3, 0.4) is 0 Å². The van der Waals surface area contributed by atoms with Gasteiger partial charge in [0, 0.05) is 24.2 Å². The molecule has 10 heteroatoms. The van der Waals surface area contributed by atoms with Crippen LogP contribution < -0.4 is 0 Å². The fraction of sp³-hybridized carbons (Fsp3) is 0.600. The molecule has 0 radical (unpaired) electrons. The molecule has 1 saturated heterocycles. The van der Waals surface area contributed by atoms with Crippen molar-refractivity contribution in [1.82, 2.24) is 0 Å². The molecule has 5 rings (SSSR count). The lowest BCUT2D eigenvalue weighted by atomic mass is 9.78. The monoisotopic (exact) mass is 1040 g/mol. The van der Waals surface area contributed by atoms with Gasteiger partial charge in [-0.1, -0.05) is 161 Å². The first kappa shape index (κ1) is 64.2. The molecule has 1 fully saturated rings. The molecule has 0 amide bonds. The second-order valence-electron chi connectivity index (χ2n) is 26.7. The summed E-state index contributed by atoms with van der Waals surface area (Å²) in [5.41, 5.74) is 11.2. The smallest absolute Gasteiger partial charge is 0.306 e. The number of benzene rings is 4. The van der Waals surface area contributed by atoms with Crippen LogP contribution in [0.15, 0.2) is 48.5 Å². The van der Waals surface area contributed by atoms with Crippen LogP contribution >= 0.6 is 0 Å². The molecule has 0 aliphatic carbocycles. The van der Waals surface area contributed by atoms with Crippen molar-refractivity contribution in [2.45, 2.75) is 224 Å². The van der Waals surface area contributed by atoms with Crippen LogP contribution in [0, 0.1) is 26.2 Å². The van der Waals surface area contributed by atoms with Gasteiger partial charge < -0.3 is 39.4 Å². The van der Waals surface area contributed by atoms with Gasteiger partial charge >= 0.3 is 11.9 Å². The van der Waals surface area contributed by atoms with Crippen molar-refractivity contribution in [2.75, 3.05) is 26.4 Å². The van der Waals surface area contributed by atoms with E-state index in [1.807, 2.05) is 64.1 Å². The molecule has 10 nitrogen and oxygen atoms in total. The van der Waals surface area contributed by atoms with Gasteiger partial charge in [0.25, 0.3) is 0 Å². The van der Waals surface area contributed by atoms with Crippen LogP contribution in [0.2, 0.25) is 0 Å². The van der Waals surface area contributed by atoms with Gasteiger partial charge in [-0.15, -0.1) is 0 Å². The number of carbonyl (C=O) groups excluding carboxylic acids is 2. The maximum Gasteiger partial charge on any atom is 0.306 e. The summed E-state index contributed by atoms with van der Waals surface area (Å²) in [4.78, 5) is 23.8. The summed E-state index contributed by atoms with van der Waals surface area (Å²) in [6, 6.07) is 16.0. The average molecular weight is 1040 g/mol. The Labute approximate surface area is 453 Å². The van der Waals surface area contributed by atoms with Crippen molar-refractivity contribution in [3.8, 4) is 23.0 Å². The van der Waals surface area contributed by atoms with Crippen LogP contribution in [0.1, 0.15) is 223 Å². The number of esters is 2. The predicted molar refractivity (Wildman–Crippen MR) is 306 cm³/mol. The van der Waals surface area contributed by atoms with Crippen molar-refractivity contribution in [1.29, 1.82) is 0 Å². The fourth-order valence-corrected chi connectivity index (χ4v) is 9.34. The van der Waals surface area contributed by atoms with E-state index in [-0.39, 0.29) is 63.2 Å². The van der Waals surface area contributed by atoms with Crippen molar-refractivity contribution in [2.24, 2.45) is 5.41 Å². The topological polar surface area (TPSA) is 152 Å². The Morgan fingerprint density at radius 3 is 1.25 bits per heavy atom. The Bertz CT molecular complexity index is 2460. The highest BCUT2D eigenvalue weighted by Crippen LogP contribution is 2.42. The van der Waals surface area contributed by atoms with Crippen LogP contribution in [-0.4, -0.2) is 65.1 Å². The molecule has 0 aromatic heterocycles. The third kappa shape index (κ3) is 18.3. The Morgan fingerprint density at radius 2 is 0.880 bits per heavy atom. The Hall–Kier alpha value is -5.06. The van der Waals surface area contributed by atoms with E-state index >= 15 is 0 Å². The minimum Gasteiger partial charge on any atom is -0.508 e. The highest BCUT2D eigenvalue weighted by molar-refractivity contribution is 5.70. The molecule has 1 aliphatic rings. The minimum absolute atomic E-state index is 0.118. The molecule has 1 aliphatic heterocycles. The molecule has 0 saturated carbocycles. The summed E-state index contributed by atoms with van der Waals surface area (Å²) in [6.45, 7) is 47.5. The highest BCUT2D eigenvalue weighted by Gasteiger charge is 2.35. The third-order valence-electron chi connectivity index (χ3n) is 13.9. The van der Waals surface area contributed by atoms with E-state index < -0.39 is 0 Å². The van der Waals surface area contributed by atoms with Gasteiger partial charge in [0.1, 0.15) is 29.6 Å². The molecule has 418 valence electrons. The van der Waals surface area contributed by atoms with Gasteiger partial charge in [-0.2, -0.15) is 0 Å². The molecule has 0 atom stereocenters. The van der Waals surface area contributed by atoms with Crippen LogP contribution in [0.25, 0.3) is 0 Å². The van der Waals surface area contributed by atoms with E-state index in [1.54, 1.807) is 0 Å². The summed E-state index contributed by atoms with van der Waals surface area (Å²) in [5, 5.41) is 41.8. The van der Waals surface area contributed by atoms with E-state index in [9.17, 15) is 30.0 Å². The van der Waals surface area contributed by atoms with Gasteiger partial charge in [-0.05, 0) is 153 Å². The number of hydrogen-bond acceptors (Lipinski definition) is 10. The first-order valence-corrected chi connectivity index (χ1v) is 27.1. The molecule has 0 spiro atoms. The van der Waals surface area contributed by atoms with Gasteiger partial charge in [0.15, 0.2) is 6.29 Å². The lowest BCUT2D eigenvalue weighted by Crippen LogP contribution is -2.41. The highest BCUT2D eigenvalue weighted by atomic mass is 16.7. The molecule has 75 heavy (non-hydrogen) atoms. The zero-order valence-electron chi connectivity index (χ0n) is 50.4. The van der Waals surface area contributed by atoms with Crippen molar-refractivity contribution in [3.05, 3.63) is 115 Å². The summed E-state index contributed by atoms with van der Waals surface area (Å²) < 4.78 is 21.8. The maximum absolute atomic E-state index is 12.2. The van der Waals surface area contributed by atoms with Crippen molar-refractivity contribution in [3.63, 3.8) is 0 Å². The standard InChI is InChI=1S/C24H34O2.C22H34O5.C19H30O3/c1-14-10-21(25)19(23(4,5)6)12-17(14)16(3)18-13-20(24(7,8)9)22(26)11-15(18)2;1-15-12-16(13-17(19(15)24)21(2,3)4)8-9-18(23)27-14-22(5,6)20-25-10-7-11-26-20;1-8-22-16(20)10-9-13-11-14(18(2,3)4)17(21)15(12-13)19(5,6)7/h10-13,16,25-26H,1-9H3;12-13,20,24H,7-11,14H2,1-6H3;11-12,21H,8-10H2,1-7H3. The van der Waals surface area contributed by atoms with E-state index in [4.69, 9.17) is 18.9 Å². The van der Waals surface area contributed by atoms with Gasteiger partial charge in [-0.25, -0.2) is 0 Å². The SMILES string of the molecule is CCOC(=O)CCc1cc(C(C)(C)C)c(O)c(C(C)(C)C)c1.Cc1cc(CCC(=O)OCC(C)(C)C2OCCCO2)cc(C(C)(C)C)c1O.Cc1cc(O)c(C(C)(C)C)cc1C(C)c1cc(C(C)(C)C)c(O)cc1C. The second kappa shape index (κ2) is 25.4. The summed E-state index contributed by atoms with van der Waals surface area (Å²) in [7, 11) is 0. The zero-order chi connectivity index (χ0) is 57.4. The summed E-state index contributed by atoms with van der Waals surface area (Å²) in [6.07, 6.45) is 2.44. The van der Waals surface area contributed by atoms with Crippen molar-refractivity contribution < 1.29 is 49.0 Å². The van der Waals surface area contributed by atoms with Crippen LogP contribution in [0.4, 0.5) is 0 Å². The largest absolute Gasteiger partial charge is 0.508 e. The number of carbonyl (C=O) groups is 2. The quantitative estimate of drug-likeness (QED) is 0.101. The molecule has 1 heterocycles. The van der Waals surface area contributed by atoms with E-state index in [0.29, 0.717) is 68.5 Å². The Morgan fingerprint density at radius 1 is 0.520 bits per heavy atom. The van der Waals surface area contributed by atoms with E-state index in [2.05, 4.69) is 137 Å². The second-order valence-corrected chi connectivity index (χ2v) is 26.7. The number of phenols is 4. The lowest BCUT2D eigenvalue weighted by molar-refractivity contribution is -0.237. The number of aromatic hydroxyl groups is 4. The first-order chi connectivity index (χ1) is 34.2. The first-order valence-electron chi connectivity index (χ1n) is 27.1. The van der Waals surface area contributed by atoms with E-state index in [1.165, 1.54) is 11.1 Å². The number of rotatable bonds is 12. The maximum atomic E-state index is 12.2. The zero-order valence-corrected chi connectivity index (χ0v) is 50.4. The van der Waals surface area contributed by atoms with Crippen LogP contribution in [-0.2, 0) is 68.5 Å². The van der Waals surface area contributed by atoms with Gasteiger partial charge in [-0.3, -0.25) is 9.59 Å². The number of phenolic OH excluding ortho intramolecular Hbond substituents is 4. The van der Waals surface area contributed by atoms with Gasteiger partial charge in [0.2, 0.25) is 0 Å². The molecule has 4 aromatic rings. The molecule has 0 unspecified atom stereocenters. The molecular formula is C65H98O10. The molecular weight excluding hydrogens is 941 g/mol. The minimum atomic E-state index is -0.384. The Kier molecular flexibility index (Phi) is 21.7. The number of aryl methyl sites for hydroxylation is 5. The Balaban J connectivity index is 0.000000298. The number of hydrogen-bond donors (Lipinski definition) is 4. The summed E-state index contributed by atoms with van der Waals surface area (Å²) >= 11 is 0. The summed E-state index contributed by atoms with van der Waals surface area (Å²) in [5.74, 6) is 1.21.